The largest absolute Gasteiger partial charge is 0.391 e. The molecule has 1 fully saturated rings. The van der Waals surface area contributed by atoms with Crippen LogP contribution in [0.5, 0.6) is 0 Å². The lowest BCUT2D eigenvalue weighted by molar-refractivity contribution is -0.316. The van der Waals surface area contributed by atoms with Gasteiger partial charge < -0.3 is 25.2 Å². The van der Waals surface area contributed by atoms with Crippen molar-refractivity contribution in [3.63, 3.8) is 0 Å². The fraction of sp³-hybridized carbons (Fsp3) is 1.00. The Hall–Kier alpha value is -0.270. The Morgan fingerprint density at radius 2 is 2.08 bits per heavy atom. The zero-order valence-electron chi connectivity index (χ0n) is 6.22. The number of aliphatic hydroxyl groups is 4. The Kier molecular flexibility index (Phi) is 2.64. The second kappa shape index (κ2) is 3.23. The van der Waals surface area contributed by atoms with Crippen molar-refractivity contribution < 1.29 is 29.6 Å². The SMILES string of the molecule is OCC1(O)OC[C@@H](O)[C@@H](O)[C@@H]1F. The lowest BCUT2D eigenvalue weighted by Crippen LogP contribution is -2.60. The van der Waals surface area contributed by atoms with Gasteiger partial charge in [-0.1, -0.05) is 0 Å². The van der Waals surface area contributed by atoms with Crippen molar-refractivity contribution >= 4 is 0 Å². The number of hydrogen-bond donors (Lipinski definition) is 4. The standard InChI is InChI=1S/C6H11FO5/c7-5-4(10)3(9)1-12-6(5,11)2-8/h3-5,8-11H,1-2H2/t3-,4-,5+,6?/m1/s1. The Bertz CT molecular complexity index is 166. The van der Waals surface area contributed by atoms with Gasteiger partial charge in [-0.2, -0.15) is 0 Å². The number of aliphatic hydroxyl groups excluding tert-OH is 3. The highest BCUT2D eigenvalue weighted by Crippen LogP contribution is 2.25. The van der Waals surface area contributed by atoms with Crippen LogP contribution >= 0.6 is 0 Å². The van der Waals surface area contributed by atoms with E-state index in [2.05, 4.69) is 4.74 Å². The molecule has 0 aromatic carbocycles. The van der Waals surface area contributed by atoms with Crippen LogP contribution in [0.25, 0.3) is 0 Å². The molecule has 1 saturated heterocycles. The molecule has 0 amide bonds. The molecule has 0 saturated carbocycles. The van der Waals surface area contributed by atoms with E-state index in [0.717, 1.165) is 0 Å². The third-order valence-corrected chi connectivity index (χ3v) is 1.86. The summed E-state index contributed by atoms with van der Waals surface area (Å²) in [6.07, 6.45) is -5.30. The number of alkyl halides is 1. The molecule has 0 radical (unpaired) electrons. The van der Waals surface area contributed by atoms with Crippen molar-refractivity contribution in [1.29, 1.82) is 0 Å². The summed E-state index contributed by atoms with van der Waals surface area (Å²) in [6, 6.07) is 0. The minimum atomic E-state index is -2.39. The normalized spacial score (nSPS) is 49.2. The first kappa shape index (κ1) is 9.82. The van der Waals surface area contributed by atoms with Crippen LogP contribution in [-0.4, -0.2) is 57.8 Å². The van der Waals surface area contributed by atoms with Crippen LogP contribution in [0.15, 0.2) is 0 Å². The van der Waals surface area contributed by atoms with E-state index in [0.29, 0.717) is 0 Å². The summed E-state index contributed by atoms with van der Waals surface area (Å²) < 4.78 is 17.4. The van der Waals surface area contributed by atoms with Gasteiger partial charge in [-0.25, -0.2) is 4.39 Å². The molecule has 1 unspecified atom stereocenters. The molecule has 72 valence electrons. The van der Waals surface area contributed by atoms with Gasteiger partial charge in [-0.05, 0) is 0 Å². The van der Waals surface area contributed by atoms with Gasteiger partial charge in [0, 0.05) is 0 Å². The van der Waals surface area contributed by atoms with Gasteiger partial charge in [-0.15, -0.1) is 0 Å². The summed E-state index contributed by atoms with van der Waals surface area (Å²) in [4.78, 5) is 0. The molecule has 0 aromatic heterocycles. The summed E-state index contributed by atoms with van der Waals surface area (Å²) in [6.45, 7) is -1.36. The smallest absolute Gasteiger partial charge is 0.224 e. The van der Waals surface area contributed by atoms with Crippen molar-refractivity contribution in [3.05, 3.63) is 0 Å². The van der Waals surface area contributed by atoms with Gasteiger partial charge in [0.15, 0.2) is 6.17 Å². The fourth-order valence-corrected chi connectivity index (χ4v) is 1.00. The van der Waals surface area contributed by atoms with E-state index in [-0.39, 0.29) is 0 Å². The van der Waals surface area contributed by atoms with Gasteiger partial charge >= 0.3 is 0 Å². The van der Waals surface area contributed by atoms with Crippen LogP contribution in [0, 0.1) is 0 Å². The van der Waals surface area contributed by atoms with Gasteiger partial charge in [0.2, 0.25) is 5.79 Å². The lowest BCUT2D eigenvalue weighted by atomic mass is 9.99. The van der Waals surface area contributed by atoms with Crippen LogP contribution in [0.1, 0.15) is 0 Å². The summed E-state index contributed by atoms with van der Waals surface area (Å²) in [5, 5.41) is 35.4. The van der Waals surface area contributed by atoms with Crippen molar-refractivity contribution in [1.82, 2.24) is 0 Å². The molecule has 6 heteroatoms. The molecule has 0 spiro atoms. The molecule has 0 bridgehead atoms. The monoisotopic (exact) mass is 182 g/mol. The second-order valence-electron chi connectivity index (χ2n) is 2.77. The molecule has 1 rings (SSSR count). The van der Waals surface area contributed by atoms with Crippen molar-refractivity contribution in [2.45, 2.75) is 24.2 Å². The molecular weight excluding hydrogens is 171 g/mol. The summed E-state index contributed by atoms with van der Waals surface area (Å²) in [5.74, 6) is -2.39. The summed E-state index contributed by atoms with van der Waals surface area (Å²) in [5.41, 5.74) is 0. The third-order valence-electron chi connectivity index (χ3n) is 1.86. The minimum absolute atomic E-state index is 0.404. The second-order valence-corrected chi connectivity index (χ2v) is 2.77. The van der Waals surface area contributed by atoms with E-state index in [1.165, 1.54) is 0 Å². The van der Waals surface area contributed by atoms with E-state index in [9.17, 15) is 4.39 Å². The van der Waals surface area contributed by atoms with Gasteiger partial charge in [-0.3, -0.25) is 0 Å². The fourth-order valence-electron chi connectivity index (χ4n) is 1.00. The first-order valence-corrected chi connectivity index (χ1v) is 3.48. The van der Waals surface area contributed by atoms with Crippen LogP contribution in [0.4, 0.5) is 4.39 Å². The Labute approximate surface area is 68.0 Å². The molecule has 1 heterocycles. The van der Waals surface area contributed by atoms with Crippen LogP contribution < -0.4 is 0 Å². The molecular formula is C6H11FO5. The predicted octanol–water partition coefficient (Wildman–Crippen LogP) is -2.24. The van der Waals surface area contributed by atoms with E-state index in [4.69, 9.17) is 20.4 Å². The highest BCUT2D eigenvalue weighted by Gasteiger charge is 2.49. The van der Waals surface area contributed by atoms with Gasteiger partial charge in [0.25, 0.3) is 0 Å². The maximum Gasteiger partial charge on any atom is 0.224 e. The lowest BCUT2D eigenvalue weighted by Gasteiger charge is -2.38. The third kappa shape index (κ3) is 1.44. The average Bonchev–Trinajstić information content (AvgIpc) is 2.09. The summed E-state index contributed by atoms with van der Waals surface area (Å²) in [7, 11) is 0. The zero-order valence-corrected chi connectivity index (χ0v) is 6.22. The number of ether oxygens (including phenoxy) is 1. The Balaban J connectivity index is 2.71. The van der Waals surface area contributed by atoms with Crippen LogP contribution in [0.2, 0.25) is 0 Å². The molecule has 12 heavy (non-hydrogen) atoms. The predicted molar refractivity (Wildman–Crippen MR) is 34.9 cm³/mol. The van der Waals surface area contributed by atoms with Crippen molar-refractivity contribution in [2.75, 3.05) is 13.2 Å². The molecule has 4 atom stereocenters. The maximum absolute atomic E-state index is 12.9. The first-order chi connectivity index (χ1) is 5.51. The van der Waals surface area contributed by atoms with Crippen molar-refractivity contribution in [3.8, 4) is 0 Å². The van der Waals surface area contributed by atoms with E-state index < -0.39 is 37.4 Å². The maximum atomic E-state index is 12.9. The topological polar surface area (TPSA) is 90.2 Å². The Morgan fingerprint density at radius 3 is 2.58 bits per heavy atom. The van der Waals surface area contributed by atoms with Gasteiger partial charge in [0.05, 0.1) is 6.61 Å². The highest BCUT2D eigenvalue weighted by atomic mass is 19.1. The van der Waals surface area contributed by atoms with Gasteiger partial charge in [0.1, 0.15) is 18.8 Å². The first-order valence-electron chi connectivity index (χ1n) is 3.48. The molecule has 0 aromatic rings. The quantitative estimate of drug-likeness (QED) is 0.368. The van der Waals surface area contributed by atoms with E-state index in [1.54, 1.807) is 0 Å². The molecule has 5 nitrogen and oxygen atoms in total. The van der Waals surface area contributed by atoms with E-state index >= 15 is 0 Å². The van der Waals surface area contributed by atoms with Crippen molar-refractivity contribution in [2.24, 2.45) is 0 Å². The van der Waals surface area contributed by atoms with Crippen LogP contribution in [-0.2, 0) is 4.74 Å². The highest BCUT2D eigenvalue weighted by molar-refractivity contribution is 4.91. The molecule has 1 aliphatic heterocycles. The number of rotatable bonds is 1. The molecule has 0 aliphatic carbocycles. The zero-order chi connectivity index (χ0) is 9.35. The number of hydrogen-bond acceptors (Lipinski definition) is 5. The van der Waals surface area contributed by atoms with E-state index in [1.807, 2.05) is 0 Å². The van der Waals surface area contributed by atoms with Crippen LogP contribution in [0.3, 0.4) is 0 Å². The Morgan fingerprint density at radius 1 is 1.50 bits per heavy atom. The number of halogens is 1. The molecule has 1 aliphatic rings. The minimum Gasteiger partial charge on any atom is -0.391 e. The molecule has 4 N–H and O–H groups in total. The summed E-state index contributed by atoms with van der Waals surface area (Å²) >= 11 is 0. The average molecular weight is 182 g/mol.